The third-order valence-electron chi connectivity index (χ3n) is 3.23. The Morgan fingerprint density at radius 1 is 1.23 bits per heavy atom. The molecule has 8 heteroatoms. The molecule has 7 nitrogen and oxygen atoms in total. The zero-order chi connectivity index (χ0) is 18.9. The molecule has 0 spiro atoms. The van der Waals surface area contributed by atoms with Gasteiger partial charge in [-0.15, -0.1) is 11.8 Å². The maximum absolute atomic E-state index is 11.8. The number of thioether (sulfide) groups is 1. The van der Waals surface area contributed by atoms with E-state index in [1.807, 2.05) is 18.4 Å². The van der Waals surface area contributed by atoms with Crippen LogP contribution in [-0.2, 0) is 14.3 Å². The van der Waals surface area contributed by atoms with Crippen LogP contribution in [0.4, 0.5) is 11.4 Å². The molecule has 1 amide bonds. The zero-order valence-electron chi connectivity index (χ0n) is 13.9. The fraction of sp³-hybridized carbons (Fsp3) is 0.111. The van der Waals surface area contributed by atoms with E-state index in [1.165, 1.54) is 24.3 Å². The Morgan fingerprint density at radius 2 is 2.00 bits per heavy atom. The van der Waals surface area contributed by atoms with E-state index in [0.29, 0.717) is 5.69 Å². The van der Waals surface area contributed by atoms with Gasteiger partial charge in [0.05, 0.1) is 10.5 Å². The second-order valence-electron chi connectivity index (χ2n) is 5.04. The molecule has 0 unspecified atom stereocenters. The van der Waals surface area contributed by atoms with Crippen LogP contribution >= 0.6 is 11.8 Å². The minimum Gasteiger partial charge on any atom is -0.452 e. The molecular weight excluding hydrogens is 356 g/mol. The molecule has 0 heterocycles. The van der Waals surface area contributed by atoms with E-state index in [-0.39, 0.29) is 11.3 Å². The summed E-state index contributed by atoms with van der Waals surface area (Å²) >= 11 is 1.54. The standard InChI is InChI=1S/C18H16N2O5S/c1-26-15-7-4-6-14(11-15)19-17(21)12-25-18(22)10-9-13-5-2-3-8-16(13)20(23)24/h2-11H,12H2,1H3,(H,19,21)/b10-9+. The highest BCUT2D eigenvalue weighted by Crippen LogP contribution is 2.19. The molecule has 0 aliphatic rings. The van der Waals surface area contributed by atoms with Gasteiger partial charge in [-0.25, -0.2) is 4.79 Å². The summed E-state index contributed by atoms with van der Waals surface area (Å²) in [5.74, 6) is -1.24. The molecule has 2 aromatic carbocycles. The van der Waals surface area contributed by atoms with Gasteiger partial charge in [0.15, 0.2) is 6.61 Å². The van der Waals surface area contributed by atoms with Gasteiger partial charge < -0.3 is 10.1 Å². The number of hydrogen-bond acceptors (Lipinski definition) is 6. The predicted molar refractivity (Wildman–Crippen MR) is 99.9 cm³/mol. The number of rotatable bonds is 7. The number of anilines is 1. The van der Waals surface area contributed by atoms with Crippen LogP contribution in [0.3, 0.4) is 0 Å². The highest BCUT2D eigenvalue weighted by atomic mass is 32.2. The van der Waals surface area contributed by atoms with Crippen LogP contribution in [0.25, 0.3) is 6.08 Å². The Kier molecular flexibility index (Phi) is 6.92. The van der Waals surface area contributed by atoms with Gasteiger partial charge >= 0.3 is 5.97 Å². The first-order valence-electron chi connectivity index (χ1n) is 7.52. The number of nitro benzene ring substituents is 1. The number of benzene rings is 2. The molecule has 2 rings (SSSR count). The maximum atomic E-state index is 11.8. The summed E-state index contributed by atoms with van der Waals surface area (Å²) in [5.41, 5.74) is 0.754. The van der Waals surface area contributed by atoms with Crippen molar-refractivity contribution in [2.24, 2.45) is 0 Å². The Hall–Kier alpha value is -3.13. The van der Waals surface area contributed by atoms with Crippen LogP contribution in [0.1, 0.15) is 5.56 Å². The number of para-hydroxylation sites is 1. The van der Waals surface area contributed by atoms with Gasteiger partial charge in [0.1, 0.15) is 0 Å². The smallest absolute Gasteiger partial charge is 0.331 e. The van der Waals surface area contributed by atoms with Gasteiger partial charge in [0, 0.05) is 22.7 Å². The summed E-state index contributed by atoms with van der Waals surface area (Å²) in [6, 6.07) is 13.2. The number of hydrogen-bond donors (Lipinski definition) is 1. The topological polar surface area (TPSA) is 98.5 Å². The Bertz CT molecular complexity index is 851. The van der Waals surface area contributed by atoms with E-state index in [9.17, 15) is 19.7 Å². The average molecular weight is 372 g/mol. The van der Waals surface area contributed by atoms with Crippen molar-refractivity contribution in [1.82, 2.24) is 0 Å². The van der Waals surface area contributed by atoms with Gasteiger partial charge in [0.2, 0.25) is 0 Å². The lowest BCUT2D eigenvalue weighted by Gasteiger charge is -2.06. The normalized spacial score (nSPS) is 10.5. The van der Waals surface area contributed by atoms with Gasteiger partial charge in [-0.3, -0.25) is 14.9 Å². The molecule has 134 valence electrons. The molecule has 0 atom stereocenters. The largest absolute Gasteiger partial charge is 0.452 e. The molecule has 1 N–H and O–H groups in total. The van der Waals surface area contributed by atoms with Crippen LogP contribution in [0.5, 0.6) is 0 Å². The summed E-state index contributed by atoms with van der Waals surface area (Å²) < 4.78 is 4.84. The van der Waals surface area contributed by atoms with Crippen molar-refractivity contribution >= 4 is 41.1 Å². The summed E-state index contributed by atoms with van der Waals surface area (Å²) in [6.45, 7) is -0.455. The average Bonchev–Trinajstić information content (AvgIpc) is 2.65. The lowest BCUT2D eigenvalue weighted by Crippen LogP contribution is -2.20. The number of ether oxygens (including phenoxy) is 1. The van der Waals surface area contributed by atoms with Crippen LogP contribution in [0.2, 0.25) is 0 Å². The van der Waals surface area contributed by atoms with E-state index in [4.69, 9.17) is 4.74 Å². The van der Waals surface area contributed by atoms with Crippen LogP contribution < -0.4 is 5.32 Å². The van der Waals surface area contributed by atoms with Gasteiger partial charge in [-0.2, -0.15) is 0 Å². The van der Waals surface area contributed by atoms with Crippen molar-refractivity contribution in [1.29, 1.82) is 0 Å². The molecule has 0 aliphatic carbocycles. The van der Waals surface area contributed by atoms with Crippen molar-refractivity contribution in [3.63, 3.8) is 0 Å². The second-order valence-corrected chi connectivity index (χ2v) is 5.92. The first kappa shape index (κ1) is 19.2. The Labute approximate surface area is 154 Å². The molecule has 0 aliphatic heterocycles. The predicted octanol–water partition coefficient (Wildman–Crippen LogP) is 3.51. The van der Waals surface area contributed by atoms with Crippen molar-refractivity contribution < 1.29 is 19.2 Å². The first-order chi connectivity index (χ1) is 12.5. The monoisotopic (exact) mass is 372 g/mol. The third-order valence-corrected chi connectivity index (χ3v) is 3.96. The van der Waals surface area contributed by atoms with E-state index < -0.39 is 23.4 Å². The molecule has 0 aromatic heterocycles. The molecule has 2 aromatic rings. The fourth-order valence-corrected chi connectivity index (χ4v) is 2.49. The summed E-state index contributed by atoms with van der Waals surface area (Å²) in [6.07, 6.45) is 4.25. The fourth-order valence-electron chi connectivity index (χ4n) is 2.04. The number of nitro groups is 1. The zero-order valence-corrected chi connectivity index (χ0v) is 14.7. The number of esters is 1. The van der Waals surface area contributed by atoms with E-state index in [0.717, 1.165) is 11.0 Å². The van der Waals surface area contributed by atoms with E-state index >= 15 is 0 Å². The van der Waals surface area contributed by atoms with Crippen LogP contribution in [0, 0.1) is 10.1 Å². The lowest BCUT2D eigenvalue weighted by atomic mass is 10.1. The number of carbonyl (C=O) groups is 2. The highest BCUT2D eigenvalue weighted by molar-refractivity contribution is 7.98. The Morgan fingerprint density at radius 3 is 2.73 bits per heavy atom. The van der Waals surface area contributed by atoms with Crippen molar-refractivity contribution in [3.05, 3.63) is 70.3 Å². The molecule has 0 radical (unpaired) electrons. The minimum absolute atomic E-state index is 0.122. The number of nitrogens with zero attached hydrogens (tertiary/aromatic N) is 1. The summed E-state index contributed by atoms with van der Waals surface area (Å²) in [4.78, 5) is 34.9. The third kappa shape index (κ3) is 5.75. The first-order valence-corrected chi connectivity index (χ1v) is 8.74. The van der Waals surface area contributed by atoms with Gasteiger partial charge in [-0.05, 0) is 36.6 Å². The van der Waals surface area contributed by atoms with E-state index in [1.54, 1.807) is 30.0 Å². The van der Waals surface area contributed by atoms with Crippen molar-refractivity contribution in [2.75, 3.05) is 18.2 Å². The number of carbonyl (C=O) groups excluding carboxylic acids is 2. The quantitative estimate of drug-likeness (QED) is 0.263. The summed E-state index contributed by atoms with van der Waals surface area (Å²) in [5, 5.41) is 13.5. The maximum Gasteiger partial charge on any atom is 0.331 e. The minimum atomic E-state index is -0.767. The Balaban J connectivity index is 1.88. The molecule has 0 saturated carbocycles. The van der Waals surface area contributed by atoms with Gasteiger partial charge in [0.25, 0.3) is 11.6 Å². The molecule has 0 bridgehead atoms. The molecular formula is C18H16N2O5S. The van der Waals surface area contributed by atoms with Crippen molar-refractivity contribution in [3.8, 4) is 0 Å². The number of amides is 1. The van der Waals surface area contributed by atoms with Crippen molar-refractivity contribution in [2.45, 2.75) is 4.90 Å². The summed E-state index contributed by atoms with van der Waals surface area (Å²) in [7, 11) is 0. The van der Waals surface area contributed by atoms with E-state index in [2.05, 4.69) is 5.32 Å². The second kappa shape index (κ2) is 9.38. The van der Waals surface area contributed by atoms with Crippen LogP contribution in [-0.4, -0.2) is 29.7 Å². The van der Waals surface area contributed by atoms with Gasteiger partial charge in [-0.1, -0.05) is 18.2 Å². The number of nitrogens with one attached hydrogen (secondary N) is 1. The molecule has 0 fully saturated rings. The SMILES string of the molecule is CSc1cccc(NC(=O)COC(=O)/C=C/c2ccccc2[N+](=O)[O-])c1. The lowest BCUT2D eigenvalue weighted by molar-refractivity contribution is -0.385. The molecule has 0 saturated heterocycles. The van der Waals surface area contributed by atoms with Crippen LogP contribution in [0.15, 0.2) is 59.5 Å². The highest BCUT2D eigenvalue weighted by Gasteiger charge is 2.10. The molecule has 26 heavy (non-hydrogen) atoms.